The molecule has 3 heteroatoms. The largest absolute Gasteiger partial charge is 0.320 e. The predicted molar refractivity (Wildman–Crippen MR) is 80.2 cm³/mol. The molecule has 0 saturated heterocycles. The summed E-state index contributed by atoms with van der Waals surface area (Å²) in [7, 11) is 0. The van der Waals surface area contributed by atoms with Crippen molar-refractivity contribution in [2.45, 2.75) is 39.2 Å². The van der Waals surface area contributed by atoms with Crippen molar-refractivity contribution in [3.05, 3.63) is 57.0 Å². The summed E-state index contributed by atoms with van der Waals surface area (Å²) in [6.07, 6.45) is 0. The van der Waals surface area contributed by atoms with Crippen molar-refractivity contribution >= 4 is 11.3 Å². The molecule has 0 spiro atoms. The molecule has 1 aromatic carbocycles. The van der Waals surface area contributed by atoms with Crippen LogP contribution in [0.5, 0.6) is 0 Å². The molecule has 0 aliphatic heterocycles. The highest BCUT2D eigenvalue weighted by Gasteiger charge is 2.19. The Balaban J connectivity index is 2.31. The summed E-state index contributed by atoms with van der Waals surface area (Å²) in [4.78, 5) is 2.37. The van der Waals surface area contributed by atoms with E-state index in [2.05, 4.69) is 26.8 Å². The number of rotatable bonds is 2. The third-order valence-corrected chi connectivity index (χ3v) is 4.82. The topological polar surface area (TPSA) is 26.0 Å². The number of hydrogen-bond acceptors (Lipinski definition) is 2. The second kappa shape index (κ2) is 5.06. The summed E-state index contributed by atoms with van der Waals surface area (Å²) in [6.45, 7) is 8.30. The molecule has 1 nitrogen and oxygen atoms in total. The van der Waals surface area contributed by atoms with E-state index in [1.165, 1.54) is 10.9 Å². The maximum Gasteiger partial charge on any atom is 0.126 e. The third kappa shape index (κ3) is 3.04. The maximum absolute atomic E-state index is 13.6. The fourth-order valence-corrected chi connectivity index (χ4v) is 2.99. The Labute approximate surface area is 118 Å². The van der Waals surface area contributed by atoms with Gasteiger partial charge in [0.05, 0.1) is 6.04 Å². The van der Waals surface area contributed by atoms with Gasteiger partial charge in [0.1, 0.15) is 5.82 Å². The molecule has 0 amide bonds. The molecule has 0 saturated carbocycles. The van der Waals surface area contributed by atoms with E-state index < -0.39 is 0 Å². The number of benzene rings is 1. The van der Waals surface area contributed by atoms with Crippen LogP contribution in [0.25, 0.3) is 0 Å². The Hall–Kier alpha value is -1.19. The minimum Gasteiger partial charge on any atom is -0.320 e. The van der Waals surface area contributed by atoms with Crippen LogP contribution in [0.2, 0.25) is 0 Å². The van der Waals surface area contributed by atoms with Gasteiger partial charge < -0.3 is 5.73 Å². The van der Waals surface area contributed by atoms with Gasteiger partial charge >= 0.3 is 0 Å². The smallest absolute Gasteiger partial charge is 0.126 e. The minimum absolute atomic E-state index is 0.126. The van der Waals surface area contributed by atoms with Crippen LogP contribution in [0.15, 0.2) is 30.3 Å². The number of nitrogens with two attached hydrogens (primary N) is 1. The fourth-order valence-electron chi connectivity index (χ4n) is 1.89. The number of halogens is 1. The van der Waals surface area contributed by atoms with Gasteiger partial charge in [-0.3, -0.25) is 0 Å². The van der Waals surface area contributed by atoms with Crippen molar-refractivity contribution in [2.75, 3.05) is 0 Å². The normalized spacial score (nSPS) is 13.6. The zero-order valence-corrected chi connectivity index (χ0v) is 12.6. The van der Waals surface area contributed by atoms with E-state index in [9.17, 15) is 4.39 Å². The minimum atomic E-state index is -0.254. The first-order valence-electron chi connectivity index (χ1n) is 6.41. The first-order valence-corrected chi connectivity index (χ1v) is 7.22. The number of hydrogen-bond donors (Lipinski definition) is 1. The highest BCUT2D eigenvalue weighted by atomic mass is 32.1. The lowest BCUT2D eigenvalue weighted by molar-refractivity contribution is 0.604. The van der Waals surface area contributed by atoms with Crippen LogP contribution in [0.4, 0.5) is 4.39 Å². The van der Waals surface area contributed by atoms with Crippen LogP contribution in [0, 0.1) is 12.7 Å². The van der Waals surface area contributed by atoms with E-state index in [1.807, 2.05) is 12.1 Å². The first-order chi connectivity index (χ1) is 8.79. The molecular weight excluding hydrogens is 257 g/mol. The monoisotopic (exact) mass is 277 g/mol. The highest BCUT2D eigenvalue weighted by Crippen LogP contribution is 2.33. The molecule has 0 aliphatic carbocycles. The Kier molecular flexibility index (Phi) is 3.79. The van der Waals surface area contributed by atoms with Gasteiger partial charge in [-0.25, -0.2) is 4.39 Å². The van der Waals surface area contributed by atoms with Crippen molar-refractivity contribution < 1.29 is 4.39 Å². The van der Waals surface area contributed by atoms with Gasteiger partial charge in [-0.2, -0.15) is 0 Å². The Morgan fingerprint density at radius 3 is 2.37 bits per heavy atom. The second-order valence-electron chi connectivity index (χ2n) is 5.94. The molecule has 2 rings (SSSR count). The molecule has 0 aliphatic rings. The first kappa shape index (κ1) is 14.2. The van der Waals surface area contributed by atoms with E-state index >= 15 is 0 Å². The zero-order valence-electron chi connectivity index (χ0n) is 11.8. The van der Waals surface area contributed by atoms with Crippen molar-refractivity contribution in [1.29, 1.82) is 0 Å². The molecule has 1 heterocycles. The van der Waals surface area contributed by atoms with Gasteiger partial charge in [-0.05, 0) is 41.7 Å². The van der Waals surface area contributed by atoms with Gasteiger partial charge in [0.25, 0.3) is 0 Å². The lowest BCUT2D eigenvalue weighted by atomic mass is 9.95. The highest BCUT2D eigenvalue weighted by molar-refractivity contribution is 7.12. The van der Waals surface area contributed by atoms with Gasteiger partial charge in [-0.15, -0.1) is 11.3 Å². The van der Waals surface area contributed by atoms with Crippen LogP contribution >= 0.6 is 11.3 Å². The lowest BCUT2D eigenvalue weighted by Gasteiger charge is -2.16. The number of aryl methyl sites for hydroxylation is 1. The van der Waals surface area contributed by atoms with Crippen LogP contribution in [0.1, 0.15) is 47.7 Å². The Morgan fingerprint density at radius 2 is 1.84 bits per heavy atom. The predicted octanol–water partition coefficient (Wildman–Crippen LogP) is 4.54. The standard InChI is InChI=1S/C16H20FNS/c1-10-5-6-11(9-12(10)17)15(18)13-7-8-14(19-13)16(2,3)4/h5-9,15H,18H2,1-4H3. The summed E-state index contributed by atoms with van der Waals surface area (Å²) in [5.74, 6) is -0.194. The third-order valence-electron chi connectivity index (χ3n) is 3.23. The zero-order chi connectivity index (χ0) is 14.2. The van der Waals surface area contributed by atoms with Gasteiger partial charge in [0, 0.05) is 9.75 Å². The summed E-state index contributed by atoms with van der Waals surface area (Å²) >= 11 is 1.71. The summed E-state index contributed by atoms with van der Waals surface area (Å²) < 4.78 is 13.6. The Bertz CT molecular complexity index is 581. The molecule has 2 N–H and O–H groups in total. The van der Waals surface area contributed by atoms with Gasteiger partial charge in [-0.1, -0.05) is 32.9 Å². The van der Waals surface area contributed by atoms with E-state index in [0.717, 1.165) is 10.4 Å². The van der Waals surface area contributed by atoms with E-state index in [0.29, 0.717) is 5.56 Å². The van der Waals surface area contributed by atoms with Crippen LogP contribution in [-0.4, -0.2) is 0 Å². The summed E-state index contributed by atoms with van der Waals surface area (Å²) in [5, 5.41) is 0. The van der Waals surface area contributed by atoms with Crippen molar-refractivity contribution in [3.8, 4) is 0 Å². The molecule has 0 fully saturated rings. The maximum atomic E-state index is 13.6. The summed E-state index contributed by atoms with van der Waals surface area (Å²) in [6, 6.07) is 9.13. The van der Waals surface area contributed by atoms with Crippen molar-refractivity contribution in [3.63, 3.8) is 0 Å². The summed E-state index contributed by atoms with van der Waals surface area (Å²) in [5.41, 5.74) is 7.84. The molecule has 2 aromatic rings. The second-order valence-corrected chi connectivity index (χ2v) is 7.05. The van der Waals surface area contributed by atoms with Crippen molar-refractivity contribution in [2.24, 2.45) is 5.73 Å². The average molecular weight is 277 g/mol. The molecule has 0 bridgehead atoms. The molecular formula is C16H20FNS. The molecule has 19 heavy (non-hydrogen) atoms. The van der Waals surface area contributed by atoms with E-state index in [1.54, 1.807) is 24.3 Å². The Morgan fingerprint density at radius 1 is 1.16 bits per heavy atom. The molecule has 1 atom stereocenters. The average Bonchev–Trinajstić information content (AvgIpc) is 2.81. The van der Waals surface area contributed by atoms with Crippen LogP contribution in [-0.2, 0) is 5.41 Å². The molecule has 0 radical (unpaired) electrons. The molecule has 102 valence electrons. The SMILES string of the molecule is Cc1ccc(C(N)c2ccc(C(C)(C)C)s2)cc1F. The van der Waals surface area contributed by atoms with Gasteiger partial charge in [0.15, 0.2) is 0 Å². The lowest BCUT2D eigenvalue weighted by Crippen LogP contribution is -2.11. The molecule has 1 aromatic heterocycles. The van der Waals surface area contributed by atoms with Crippen LogP contribution < -0.4 is 5.73 Å². The van der Waals surface area contributed by atoms with Gasteiger partial charge in [0.2, 0.25) is 0 Å². The van der Waals surface area contributed by atoms with Crippen LogP contribution in [0.3, 0.4) is 0 Å². The molecule has 1 unspecified atom stereocenters. The fraction of sp³-hybridized carbons (Fsp3) is 0.375. The van der Waals surface area contributed by atoms with Crippen molar-refractivity contribution in [1.82, 2.24) is 0 Å². The quantitative estimate of drug-likeness (QED) is 0.856. The van der Waals surface area contributed by atoms with E-state index in [-0.39, 0.29) is 17.3 Å². The van der Waals surface area contributed by atoms with E-state index in [4.69, 9.17) is 5.73 Å². The number of thiophene rings is 1.